The quantitative estimate of drug-likeness (QED) is 0.753. The lowest BCUT2D eigenvalue weighted by molar-refractivity contribution is -0.136. The third kappa shape index (κ3) is 3.55. The molecule has 0 radical (unpaired) electrons. The van der Waals surface area contributed by atoms with Crippen molar-refractivity contribution in [3.63, 3.8) is 0 Å². The molecule has 4 N–H and O–H groups in total. The molecule has 1 aromatic carbocycles. The van der Waals surface area contributed by atoms with Crippen molar-refractivity contribution in [2.24, 2.45) is 0 Å². The van der Waals surface area contributed by atoms with E-state index < -0.39 is 11.7 Å². The maximum absolute atomic E-state index is 13.0. The van der Waals surface area contributed by atoms with E-state index in [1.165, 1.54) is 24.5 Å². The van der Waals surface area contributed by atoms with Gasteiger partial charge in [0.05, 0.1) is 11.3 Å². The number of nitrogens with zero attached hydrogens (tertiary/aromatic N) is 3. The molecule has 118 valence electrons. The van der Waals surface area contributed by atoms with Crippen LogP contribution in [-0.2, 0) is 6.18 Å². The summed E-state index contributed by atoms with van der Waals surface area (Å²) in [7, 11) is 3.46. The molecule has 1 heterocycles. The van der Waals surface area contributed by atoms with Crippen LogP contribution in [0.4, 0.5) is 36.2 Å². The number of benzene rings is 1. The fourth-order valence-electron chi connectivity index (χ4n) is 1.76. The van der Waals surface area contributed by atoms with E-state index in [1.54, 1.807) is 19.1 Å². The standard InChI is InChI=1S/C13H15F3N6/c1-22(2)21-12-10(17)11(18-7-19-12)20-9-6-4-3-5-8(9)13(14,15)16/h3-7H,17H2,1-2H3,(H2,18,19,20,21). The number of halogens is 3. The molecule has 0 aliphatic rings. The van der Waals surface area contributed by atoms with Gasteiger partial charge in [-0.3, -0.25) is 0 Å². The van der Waals surface area contributed by atoms with Crippen LogP contribution >= 0.6 is 0 Å². The van der Waals surface area contributed by atoms with Crippen molar-refractivity contribution in [1.82, 2.24) is 15.0 Å². The van der Waals surface area contributed by atoms with Gasteiger partial charge in [0.1, 0.15) is 12.0 Å². The van der Waals surface area contributed by atoms with Gasteiger partial charge in [-0.2, -0.15) is 13.2 Å². The van der Waals surface area contributed by atoms with Crippen molar-refractivity contribution >= 4 is 23.0 Å². The Labute approximate surface area is 125 Å². The van der Waals surface area contributed by atoms with Crippen LogP contribution in [0.5, 0.6) is 0 Å². The Balaban J connectivity index is 2.36. The van der Waals surface area contributed by atoms with E-state index in [4.69, 9.17) is 5.73 Å². The number of para-hydroxylation sites is 1. The van der Waals surface area contributed by atoms with E-state index in [2.05, 4.69) is 20.7 Å². The predicted octanol–water partition coefficient (Wildman–Crippen LogP) is 2.71. The number of aromatic nitrogens is 2. The zero-order valence-electron chi connectivity index (χ0n) is 11.9. The number of hydrazine groups is 1. The van der Waals surface area contributed by atoms with Crippen LogP contribution in [0.2, 0.25) is 0 Å². The minimum atomic E-state index is -4.48. The number of anilines is 4. The molecule has 1 aromatic heterocycles. The van der Waals surface area contributed by atoms with Crippen LogP contribution in [-0.4, -0.2) is 29.1 Å². The summed E-state index contributed by atoms with van der Waals surface area (Å²) in [6.07, 6.45) is -3.27. The second-order valence-corrected chi connectivity index (χ2v) is 4.66. The Morgan fingerprint density at radius 1 is 1.09 bits per heavy atom. The number of hydrogen-bond donors (Lipinski definition) is 3. The Morgan fingerprint density at radius 2 is 1.73 bits per heavy atom. The van der Waals surface area contributed by atoms with Crippen molar-refractivity contribution in [3.05, 3.63) is 36.2 Å². The van der Waals surface area contributed by atoms with E-state index in [1.807, 2.05) is 0 Å². The van der Waals surface area contributed by atoms with E-state index in [0.717, 1.165) is 6.07 Å². The van der Waals surface area contributed by atoms with Crippen LogP contribution < -0.4 is 16.5 Å². The van der Waals surface area contributed by atoms with Gasteiger partial charge in [-0.05, 0) is 12.1 Å². The normalized spacial score (nSPS) is 11.5. The highest BCUT2D eigenvalue weighted by molar-refractivity contribution is 5.78. The van der Waals surface area contributed by atoms with Gasteiger partial charge in [-0.1, -0.05) is 12.1 Å². The molecule has 0 unspecified atom stereocenters. The molecule has 2 aromatic rings. The number of nitrogens with two attached hydrogens (primary N) is 1. The molecule has 0 aliphatic carbocycles. The molecule has 22 heavy (non-hydrogen) atoms. The van der Waals surface area contributed by atoms with E-state index in [9.17, 15) is 13.2 Å². The molecular formula is C13H15F3N6. The second-order valence-electron chi connectivity index (χ2n) is 4.66. The van der Waals surface area contributed by atoms with Gasteiger partial charge < -0.3 is 16.5 Å². The SMILES string of the molecule is CN(C)Nc1ncnc(Nc2ccccc2C(F)(F)F)c1N. The maximum Gasteiger partial charge on any atom is 0.418 e. The molecule has 0 spiro atoms. The van der Waals surface area contributed by atoms with Gasteiger partial charge >= 0.3 is 6.18 Å². The fourth-order valence-corrected chi connectivity index (χ4v) is 1.76. The topological polar surface area (TPSA) is 79.1 Å². The minimum absolute atomic E-state index is 0.0936. The van der Waals surface area contributed by atoms with Gasteiger partial charge in [0, 0.05) is 14.1 Å². The third-order valence-electron chi connectivity index (χ3n) is 2.70. The lowest BCUT2D eigenvalue weighted by Crippen LogP contribution is -2.21. The van der Waals surface area contributed by atoms with Gasteiger partial charge in [0.2, 0.25) is 0 Å². The van der Waals surface area contributed by atoms with Crippen molar-refractivity contribution in [1.29, 1.82) is 0 Å². The average molecular weight is 312 g/mol. The number of nitrogen functional groups attached to an aromatic ring is 1. The minimum Gasteiger partial charge on any atom is -0.393 e. The van der Waals surface area contributed by atoms with Crippen molar-refractivity contribution < 1.29 is 13.2 Å². The molecule has 0 bridgehead atoms. The fraction of sp³-hybridized carbons (Fsp3) is 0.231. The van der Waals surface area contributed by atoms with Gasteiger partial charge in [0.15, 0.2) is 11.6 Å². The lowest BCUT2D eigenvalue weighted by Gasteiger charge is -2.17. The Hall–Kier alpha value is -2.55. The van der Waals surface area contributed by atoms with E-state index in [-0.39, 0.29) is 17.2 Å². The summed E-state index contributed by atoms with van der Waals surface area (Å²) in [4.78, 5) is 7.83. The first kappa shape index (κ1) is 15.8. The van der Waals surface area contributed by atoms with Gasteiger partial charge in [0.25, 0.3) is 0 Å². The summed E-state index contributed by atoms with van der Waals surface area (Å²) >= 11 is 0. The Morgan fingerprint density at radius 3 is 2.36 bits per heavy atom. The monoisotopic (exact) mass is 312 g/mol. The summed E-state index contributed by atoms with van der Waals surface area (Å²) in [5, 5.41) is 4.21. The molecule has 2 rings (SSSR count). The van der Waals surface area contributed by atoms with Crippen LogP contribution in [0.15, 0.2) is 30.6 Å². The highest BCUT2D eigenvalue weighted by atomic mass is 19.4. The average Bonchev–Trinajstić information content (AvgIpc) is 2.42. The first-order valence-electron chi connectivity index (χ1n) is 6.26. The third-order valence-corrected chi connectivity index (χ3v) is 2.70. The first-order chi connectivity index (χ1) is 10.3. The Kier molecular flexibility index (Phi) is 4.36. The van der Waals surface area contributed by atoms with Crippen LogP contribution in [0.3, 0.4) is 0 Å². The van der Waals surface area contributed by atoms with E-state index >= 15 is 0 Å². The molecule has 0 saturated heterocycles. The van der Waals surface area contributed by atoms with Gasteiger partial charge in [-0.25, -0.2) is 15.0 Å². The van der Waals surface area contributed by atoms with Crippen LogP contribution in [0, 0.1) is 0 Å². The molecular weight excluding hydrogens is 297 g/mol. The number of nitrogens with one attached hydrogen (secondary N) is 2. The highest BCUT2D eigenvalue weighted by Crippen LogP contribution is 2.36. The van der Waals surface area contributed by atoms with Crippen LogP contribution in [0.25, 0.3) is 0 Å². The smallest absolute Gasteiger partial charge is 0.393 e. The summed E-state index contributed by atoms with van der Waals surface area (Å²) in [5.41, 5.74) is 7.91. The number of alkyl halides is 3. The van der Waals surface area contributed by atoms with E-state index in [0.29, 0.717) is 5.82 Å². The molecule has 9 heteroatoms. The summed E-state index contributed by atoms with van der Waals surface area (Å²) < 4.78 is 38.9. The summed E-state index contributed by atoms with van der Waals surface area (Å²) in [6, 6.07) is 5.10. The zero-order valence-corrected chi connectivity index (χ0v) is 11.9. The zero-order chi connectivity index (χ0) is 16.3. The molecule has 0 atom stereocenters. The highest BCUT2D eigenvalue weighted by Gasteiger charge is 2.33. The predicted molar refractivity (Wildman–Crippen MR) is 78.5 cm³/mol. The number of rotatable bonds is 4. The molecule has 0 aliphatic heterocycles. The molecule has 0 amide bonds. The van der Waals surface area contributed by atoms with Crippen molar-refractivity contribution in [2.75, 3.05) is 30.6 Å². The maximum atomic E-state index is 13.0. The number of hydrogen-bond acceptors (Lipinski definition) is 6. The summed E-state index contributed by atoms with van der Waals surface area (Å²) in [6.45, 7) is 0. The Bertz CT molecular complexity index is 656. The largest absolute Gasteiger partial charge is 0.418 e. The summed E-state index contributed by atoms with van der Waals surface area (Å²) in [5.74, 6) is 0.392. The molecule has 0 fully saturated rings. The second kappa shape index (κ2) is 6.06. The first-order valence-corrected chi connectivity index (χ1v) is 6.26. The van der Waals surface area contributed by atoms with Crippen molar-refractivity contribution in [3.8, 4) is 0 Å². The van der Waals surface area contributed by atoms with Crippen molar-refractivity contribution in [2.45, 2.75) is 6.18 Å². The van der Waals surface area contributed by atoms with Crippen LogP contribution in [0.1, 0.15) is 5.56 Å². The molecule has 0 saturated carbocycles. The lowest BCUT2D eigenvalue weighted by atomic mass is 10.1. The van der Waals surface area contributed by atoms with Gasteiger partial charge in [-0.15, -0.1) is 0 Å². The molecule has 6 nitrogen and oxygen atoms in total.